The van der Waals surface area contributed by atoms with Crippen LogP contribution in [0.2, 0.25) is 5.02 Å². The number of nitrogens with two attached hydrogens (primary N) is 1. The number of carbonyl (C=O) groups is 2. The van der Waals surface area contributed by atoms with Crippen molar-refractivity contribution in [3.8, 4) is 16.9 Å². The molecule has 184 valence electrons. The van der Waals surface area contributed by atoms with Crippen molar-refractivity contribution in [2.24, 2.45) is 5.14 Å². The Kier molecular flexibility index (Phi) is 7.49. The predicted octanol–water partition coefficient (Wildman–Crippen LogP) is 3.31. The molecule has 0 fully saturated rings. The van der Waals surface area contributed by atoms with Crippen molar-refractivity contribution in [2.75, 3.05) is 6.54 Å². The van der Waals surface area contributed by atoms with E-state index >= 15 is 0 Å². The summed E-state index contributed by atoms with van der Waals surface area (Å²) in [5.74, 6) is -1.27. The van der Waals surface area contributed by atoms with E-state index in [1.54, 1.807) is 30.3 Å². The van der Waals surface area contributed by atoms with Gasteiger partial charge in [0.05, 0.1) is 11.4 Å². The fraction of sp³-hybridized carbons (Fsp3) is 0.0800. The fourth-order valence-electron chi connectivity index (χ4n) is 3.41. The molecule has 0 spiro atoms. The average Bonchev–Trinajstić information content (AvgIpc) is 3.32. The molecule has 36 heavy (non-hydrogen) atoms. The first-order valence-electron chi connectivity index (χ1n) is 10.7. The number of carbonyl (C=O) groups excluding carboxylic acids is 2. The number of sulfonamides is 1. The van der Waals surface area contributed by atoms with Gasteiger partial charge in [-0.25, -0.2) is 18.2 Å². The number of nitrogens with one attached hydrogen (secondary N) is 1. The number of para-hydroxylation sites is 1. The van der Waals surface area contributed by atoms with Crippen molar-refractivity contribution in [3.63, 3.8) is 0 Å². The molecule has 0 atom stereocenters. The van der Waals surface area contributed by atoms with Gasteiger partial charge in [0.15, 0.2) is 5.69 Å². The first-order chi connectivity index (χ1) is 17.2. The lowest BCUT2D eigenvalue weighted by atomic mass is 10.1. The molecule has 0 radical (unpaired) electrons. The zero-order valence-corrected chi connectivity index (χ0v) is 20.4. The summed E-state index contributed by atoms with van der Waals surface area (Å²) in [5.41, 5.74) is 1.97. The second kappa shape index (κ2) is 10.7. The summed E-state index contributed by atoms with van der Waals surface area (Å²) in [6.45, 7) is -0.294. The Bertz CT molecular complexity index is 1500. The zero-order chi connectivity index (χ0) is 25.7. The Labute approximate surface area is 212 Å². The summed E-state index contributed by atoms with van der Waals surface area (Å²) in [6, 6.07) is 23.4. The molecule has 0 unspecified atom stereocenters. The number of hydrogen-bond donors (Lipinski definition) is 2. The SMILES string of the molecule is NS(=O)(=O)c1ccccc1-n1nc(C(=O)NCC(=O)OCc2ccccc2)cc1-c1ccc(Cl)cc1. The summed E-state index contributed by atoms with van der Waals surface area (Å²) in [7, 11) is -4.09. The van der Waals surface area contributed by atoms with Crippen LogP contribution in [0.3, 0.4) is 0 Å². The van der Waals surface area contributed by atoms with Gasteiger partial charge >= 0.3 is 5.97 Å². The number of hydrogen-bond acceptors (Lipinski definition) is 6. The highest BCUT2D eigenvalue weighted by molar-refractivity contribution is 7.89. The monoisotopic (exact) mass is 524 g/mol. The fourth-order valence-corrected chi connectivity index (χ4v) is 4.25. The van der Waals surface area contributed by atoms with Gasteiger partial charge in [0.25, 0.3) is 5.91 Å². The van der Waals surface area contributed by atoms with E-state index in [1.807, 2.05) is 30.3 Å². The molecule has 0 aliphatic carbocycles. The molecule has 4 rings (SSSR count). The van der Waals surface area contributed by atoms with Crippen LogP contribution in [0.4, 0.5) is 0 Å². The number of esters is 1. The van der Waals surface area contributed by atoms with Crippen molar-refractivity contribution >= 4 is 33.5 Å². The third-order valence-corrected chi connectivity index (χ3v) is 6.33. The van der Waals surface area contributed by atoms with Crippen LogP contribution in [0.25, 0.3) is 16.9 Å². The van der Waals surface area contributed by atoms with E-state index in [-0.39, 0.29) is 29.4 Å². The number of benzene rings is 3. The van der Waals surface area contributed by atoms with Crippen LogP contribution >= 0.6 is 11.6 Å². The minimum Gasteiger partial charge on any atom is -0.460 e. The topological polar surface area (TPSA) is 133 Å². The van der Waals surface area contributed by atoms with Crippen molar-refractivity contribution in [3.05, 3.63) is 101 Å². The number of amides is 1. The average molecular weight is 525 g/mol. The highest BCUT2D eigenvalue weighted by Gasteiger charge is 2.22. The maximum Gasteiger partial charge on any atom is 0.325 e. The molecular weight excluding hydrogens is 504 g/mol. The first-order valence-corrected chi connectivity index (χ1v) is 12.6. The van der Waals surface area contributed by atoms with Gasteiger partial charge in [0.2, 0.25) is 10.0 Å². The van der Waals surface area contributed by atoms with Crippen LogP contribution in [0.5, 0.6) is 0 Å². The number of aromatic nitrogens is 2. The second-order valence-electron chi connectivity index (χ2n) is 7.68. The molecule has 3 aromatic carbocycles. The minimum absolute atomic E-state index is 0.0416. The maximum absolute atomic E-state index is 12.8. The summed E-state index contributed by atoms with van der Waals surface area (Å²) in [5, 5.41) is 12.7. The molecule has 11 heteroatoms. The molecule has 0 saturated carbocycles. The molecule has 1 amide bonds. The lowest BCUT2D eigenvalue weighted by molar-refractivity contribution is -0.143. The molecule has 1 heterocycles. The van der Waals surface area contributed by atoms with Gasteiger partial charge in [-0.1, -0.05) is 66.2 Å². The number of nitrogens with zero attached hydrogens (tertiary/aromatic N) is 2. The lowest BCUT2D eigenvalue weighted by Gasteiger charge is -2.11. The molecule has 0 aliphatic rings. The molecule has 0 bridgehead atoms. The standard InChI is InChI=1S/C25H21ClN4O5S/c26-19-12-10-18(11-13-19)22-14-20(29-30(22)21-8-4-5-9-23(21)36(27,33)34)25(32)28-15-24(31)35-16-17-6-2-1-3-7-17/h1-14H,15-16H2,(H,28,32)(H2,27,33,34). The van der Waals surface area contributed by atoms with Gasteiger partial charge in [0, 0.05) is 10.6 Å². The number of halogens is 1. The second-order valence-corrected chi connectivity index (χ2v) is 9.64. The van der Waals surface area contributed by atoms with Gasteiger partial charge in [-0.05, 0) is 35.9 Å². The van der Waals surface area contributed by atoms with Crippen LogP contribution in [0.15, 0.2) is 89.8 Å². The van der Waals surface area contributed by atoms with Gasteiger partial charge < -0.3 is 10.1 Å². The Morgan fingerprint density at radius 1 is 0.972 bits per heavy atom. The summed E-state index contributed by atoms with van der Waals surface area (Å²) in [4.78, 5) is 24.8. The van der Waals surface area contributed by atoms with Crippen LogP contribution in [-0.4, -0.2) is 36.6 Å². The molecule has 4 aromatic rings. The predicted molar refractivity (Wildman–Crippen MR) is 134 cm³/mol. The zero-order valence-electron chi connectivity index (χ0n) is 18.8. The van der Waals surface area contributed by atoms with Gasteiger partial charge in [-0.3, -0.25) is 9.59 Å². The van der Waals surface area contributed by atoms with E-state index in [0.717, 1.165) is 5.56 Å². The van der Waals surface area contributed by atoms with Crippen LogP contribution in [0.1, 0.15) is 16.1 Å². The first kappa shape index (κ1) is 25.1. The number of ether oxygens (including phenoxy) is 1. The van der Waals surface area contributed by atoms with E-state index in [0.29, 0.717) is 16.3 Å². The van der Waals surface area contributed by atoms with Gasteiger partial charge in [0.1, 0.15) is 18.0 Å². The summed E-state index contributed by atoms with van der Waals surface area (Å²) < 4.78 is 30.9. The maximum atomic E-state index is 12.8. The molecule has 0 saturated heterocycles. The molecule has 0 aliphatic heterocycles. The van der Waals surface area contributed by atoms with E-state index < -0.39 is 21.9 Å². The van der Waals surface area contributed by atoms with Crippen LogP contribution in [-0.2, 0) is 26.2 Å². The third kappa shape index (κ3) is 5.98. The molecule has 9 nitrogen and oxygen atoms in total. The Hall–Kier alpha value is -3.99. The van der Waals surface area contributed by atoms with Gasteiger partial charge in [-0.2, -0.15) is 5.10 Å². The highest BCUT2D eigenvalue weighted by atomic mass is 35.5. The van der Waals surface area contributed by atoms with Crippen molar-refractivity contribution < 1.29 is 22.7 Å². The van der Waals surface area contributed by atoms with E-state index in [4.69, 9.17) is 21.5 Å². The lowest BCUT2D eigenvalue weighted by Crippen LogP contribution is -2.31. The minimum atomic E-state index is -4.09. The summed E-state index contributed by atoms with van der Waals surface area (Å²) in [6.07, 6.45) is 0. The van der Waals surface area contributed by atoms with E-state index in [9.17, 15) is 18.0 Å². The Morgan fingerprint density at radius 2 is 1.64 bits per heavy atom. The van der Waals surface area contributed by atoms with Crippen molar-refractivity contribution in [1.29, 1.82) is 0 Å². The quantitative estimate of drug-likeness (QED) is 0.340. The third-order valence-electron chi connectivity index (χ3n) is 5.12. The normalized spacial score (nSPS) is 11.2. The van der Waals surface area contributed by atoms with E-state index in [1.165, 1.54) is 28.9 Å². The highest BCUT2D eigenvalue weighted by Crippen LogP contribution is 2.28. The molecular formula is C25H21ClN4O5S. The number of primary sulfonamides is 1. The smallest absolute Gasteiger partial charge is 0.325 e. The molecule has 1 aromatic heterocycles. The Morgan fingerprint density at radius 3 is 2.33 bits per heavy atom. The van der Waals surface area contributed by atoms with Gasteiger partial charge in [-0.15, -0.1) is 0 Å². The van der Waals surface area contributed by atoms with Crippen molar-refractivity contribution in [1.82, 2.24) is 15.1 Å². The molecule has 3 N–H and O–H groups in total. The van der Waals surface area contributed by atoms with Crippen LogP contribution < -0.4 is 10.5 Å². The van der Waals surface area contributed by atoms with E-state index in [2.05, 4.69) is 10.4 Å². The van der Waals surface area contributed by atoms with Crippen molar-refractivity contribution in [2.45, 2.75) is 11.5 Å². The summed E-state index contributed by atoms with van der Waals surface area (Å²) >= 11 is 6.01. The Balaban J connectivity index is 1.60. The van der Waals surface area contributed by atoms with Crippen LogP contribution in [0, 0.1) is 0 Å². The largest absolute Gasteiger partial charge is 0.460 e. The number of rotatable bonds is 8.